The van der Waals surface area contributed by atoms with Crippen molar-refractivity contribution in [3.63, 3.8) is 0 Å². The summed E-state index contributed by atoms with van der Waals surface area (Å²) in [6.07, 6.45) is 1.28. The fraction of sp³-hybridized carbons (Fsp3) is 0.0714. The Hall–Kier alpha value is -2.49. The second-order valence-electron chi connectivity index (χ2n) is 3.86. The third-order valence-corrected chi connectivity index (χ3v) is 2.45. The molecule has 2 aromatic carbocycles. The summed E-state index contributed by atoms with van der Waals surface area (Å²) in [5.74, 6) is 0.944. The fourth-order valence-electron chi connectivity index (χ4n) is 1.57. The first-order valence-corrected chi connectivity index (χ1v) is 5.44. The molecule has 0 heterocycles. The predicted octanol–water partition coefficient (Wildman–Crippen LogP) is 3.30. The molecule has 4 heteroatoms. The van der Waals surface area contributed by atoms with Gasteiger partial charge >= 0.3 is 0 Å². The Labute approximate surface area is 105 Å². The van der Waals surface area contributed by atoms with Gasteiger partial charge in [0.2, 0.25) is 0 Å². The van der Waals surface area contributed by atoms with Gasteiger partial charge in [-0.3, -0.25) is 0 Å². The lowest BCUT2D eigenvalue weighted by Crippen LogP contribution is -1.91. The van der Waals surface area contributed by atoms with Crippen LogP contribution in [-0.2, 0) is 0 Å². The van der Waals surface area contributed by atoms with Gasteiger partial charge in [-0.25, -0.2) is 0 Å². The Bertz CT molecular complexity index is 579. The van der Waals surface area contributed by atoms with Gasteiger partial charge in [0.1, 0.15) is 5.75 Å². The molecule has 0 atom stereocenters. The van der Waals surface area contributed by atoms with E-state index in [4.69, 9.17) is 9.94 Å². The van der Waals surface area contributed by atoms with Crippen molar-refractivity contribution in [2.24, 2.45) is 5.16 Å². The number of aryl methyl sites for hydroxylation is 1. The number of aromatic hydroxyl groups is 1. The Kier molecular flexibility index (Phi) is 3.48. The first-order valence-electron chi connectivity index (χ1n) is 5.44. The van der Waals surface area contributed by atoms with E-state index in [0.29, 0.717) is 17.1 Å². The number of oxime groups is 1. The largest absolute Gasteiger partial charge is 0.504 e. The number of para-hydroxylation sites is 1. The summed E-state index contributed by atoms with van der Waals surface area (Å²) >= 11 is 0. The molecule has 2 rings (SSSR count). The van der Waals surface area contributed by atoms with Gasteiger partial charge in [-0.1, -0.05) is 23.4 Å². The van der Waals surface area contributed by atoms with Crippen LogP contribution in [0.3, 0.4) is 0 Å². The number of phenolic OH excluding ortho intramolecular Hbond substituents is 1. The molecular weight excluding hydrogens is 230 g/mol. The topological polar surface area (TPSA) is 62.0 Å². The van der Waals surface area contributed by atoms with Crippen LogP contribution in [0.1, 0.15) is 11.1 Å². The third kappa shape index (κ3) is 2.60. The standard InChI is InChI=1S/C14H13NO3/c1-10-6-7-14(12(16)8-10)18-13-5-3-2-4-11(13)9-15-17/h2-9,16-17H,1H3/b15-9+. The zero-order valence-corrected chi connectivity index (χ0v) is 9.87. The van der Waals surface area contributed by atoms with Crippen LogP contribution >= 0.6 is 0 Å². The SMILES string of the molecule is Cc1ccc(Oc2ccccc2/C=N/O)c(O)c1. The second-order valence-corrected chi connectivity index (χ2v) is 3.86. The van der Waals surface area contributed by atoms with Gasteiger partial charge in [-0.15, -0.1) is 0 Å². The highest BCUT2D eigenvalue weighted by atomic mass is 16.5. The number of nitrogens with zero attached hydrogens (tertiary/aromatic N) is 1. The molecule has 2 aromatic rings. The van der Waals surface area contributed by atoms with E-state index in [1.54, 1.807) is 36.4 Å². The highest BCUT2D eigenvalue weighted by Crippen LogP contribution is 2.32. The lowest BCUT2D eigenvalue weighted by molar-refractivity contribution is 0.321. The molecule has 0 radical (unpaired) electrons. The van der Waals surface area contributed by atoms with E-state index in [1.165, 1.54) is 6.21 Å². The van der Waals surface area contributed by atoms with Crippen LogP contribution < -0.4 is 4.74 Å². The zero-order chi connectivity index (χ0) is 13.0. The van der Waals surface area contributed by atoms with Gasteiger partial charge in [-0.2, -0.15) is 0 Å². The van der Waals surface area contributed by atoms with E-state index in [0.717, 1.165) is 5.56 Å². The molecular formula is C14H13NO3. The van der Waals surface area contributed by atoms with Crippen molar-refractivity contribution >= 4 is 6.21 Å². The summed E-state index contributed by atoms with van der Waals surface area (Å²) in [7, 11) is 0. The van der Waals surface area contributed by atoms with Crippen molar-refractivity contribution in [1.82, 2.24) is 0 Å². The Morgan fingerprint density at radius 2 is 1.89 bits per heavy atom. The lowest BCUT2D eigenvalue weighted by atomic mass is 10.2. The van der Waals surface area contributed by atoms with E-state index < -0.39 is 0 Å². The van der Waals surface area contributed by atoms with E-state index >= 15 is 0 Å². The smallest absolute Gasteiger partial charge is 0.169 e. The molecule has 2 N–H and O–H groups in total. The maximum absolute atomic E-state index is 9.77. The number of rotatable bonds is 3. The van der Waals surface area contributed by atoms with Crippen LogP contribution in [-0.4, -0.2) is 16.5 Å². The molecule has 0 bridgehead atoms. The lowest BCUT2D eigenvalue weighted by Gasteiger charge is -2.10. The van der Waals surface area contributed by atoms with Crippen molar-refractivity contribution in [1.29, 1.82) is 0 Å². The zero-order valence-electron chi connectivity index (χ0n) is 9.87. The molecule has 0 aromatic heterocycles. The van der Waals surface area contributed by atoms with Crippen molar-refractivity contribution < 1.29 is 15.1 Å². The summed E-state index contributed by atoms with van der Waals surface area (Å²) in [5.41, 5.74) is 1.57. The number of ether oxygens (including phenoxy) is 1. The fourth-order valence-corrected chi connectivity index (χ4v) is 1.57. The number of hydrogen-bond donors (Lipinski definition) is 2. The van der Waals surface area contributed by atoms with E-state index in [-0.39, 0.29) is 5.75 Å². The number of phenols is 1. The first-order chi connectivity index (χ1) is 8.70. The molecule has 0 spiro atoms. The maximum atomic E-state index is 9.77. The van der Waals surface area contributed by atoms with Gasteiger partial charge in [0.05, 0.1) is 6.21 Å². The Balaban J connectivity index is 2.34. The minimum absolute atomic E-state index is 0.0748. The molecule has 0 saturated heterocycles. The normalized spacial score (nSPS) is 10.7. The van der Waals surface area contributed by atoms with Gasteiger partial charge < -0.3 is 15.1 Å². The molecule has 92 valence electrons. The molecule has 0 aliphatic rings. The summed E-state index contributed by atoms with van der Waals surface area (Å²) in [5, 5.41) is 21.3. The third-order valence-electron chi connectivity index (χ3n) is 2.45. The van der Waals surface area contributed by atoms with Gasteiger partial charge in [-0.05, 0) is 36.8 Å². The molecule has 0 aliphatic carbocycles. The molecule has 18 heavy (non-hydrogen) atoms. The molecule has 0 fully saturated rings. The molecule has 0 saturated carbocycles. The summed E-state index contributed by atoms with van der Waals surface area (Å²) in [6.45, 7) is 1.88. The van der Waals surface area contributed by atoms with Crippen molar-refractivity contribution in [3.05, 3.63) is 53.6 Å². The van der Waals surface area contributed by atoms with Crippen molar-refractivity contribution in [3.8, 4) is 17.2 Å². The average molecular weight is 243 g/mol. The van der Waals surface area contributed by atoms with E-state index in [9.17, 15) is 5.11 Å². The highest BCUT2D eigenvalue weighted by Gasteiger charge is 2.06. The molecule has 0 unspecified atom stereocenters. The van der Waals surface area contributed by atoms with Crippen LogP contribution in [0.25, 0.3) is 0 Å². The van der Waals surface area contributed by atoms with Crippen LogP contribution in [0.4, 0.5) is 0 Å². The highest BCUT2D eigenvalue weighted by molar-refractivity contribution is 5.83. The molecule has 0 amide bonds. The Morgan fingerprint density at radius 1 is 1.11 bits per heavy atom. The number of benzene rings is 2. The van der Waals surface area contributed by atoms with E-state index in [2.05, 4.69) is 5.16 Å². The quantitative estimate of drug-likeness (QED) is 0.494. The maximum Gasteiger partial charge on any atom is 0.169 e. The predicted molar refractivity (Wildman–Crippen MR) is 68.7 cm³/mol. The summed E-state index contributed by atoms with van der Waals surface area (Å²) < 4.78 is 5.60. The van der Waals surface area contributed by atoms with Gasteiger partial charge in [0.15, 0.2) is 11.5 Å². The van der Waals surface area contributed by atoms with Crippen LogP contribution in [0.2, 0.25) is 0 Å². The van der Waals surface area contributed by atoms with Crippen LogP contribution in [0.5, 0.6) is 17.2 Å². The van der Waals surface area contributed by atoms with Crippen molar-refractivity contribution in [2.75, 3.05) is 0 Å². The molecule has 4 nitrogen and oxygen atoms in total. The van der Waals surface area contributed by atoms with Crippen molar-refractivity contribution in [2.45, 2.75) is 6.92 Å². The summed E-state index contributed by atoms with van der Waals surface area (Å²) in [4.78, 5) is 0. The van der Waals surface area contributed by atoms with Crippen LogP contribution in [0, 0.1) is 6.92 Å². The van der Waals surface area contributed by atoms with Gasteiger partial charge in [0.25, 0.3) is 0 Å². The van der Waals surface area contributed by atoms with Crippen LogP contribution in [0.15, 0.2) is 47.6 Å². The average Bonchev–Trinajstić information content (AvgIpc) is 2.35. The van der Waals surface area contributed by atoms with Gasteiger partial charge in [0, 0.05) is 5.56 Å². The monoisotopic (exact) mass is 243 g/mol. The molecule has 0 aliphatic heterocycles. The second kappa shape index (κ2) is 5.23. The van der Waals surface area contributed by atoms with E-state index in [1.807, 2.05) is 13.0 Å². The first kappa shape index (κ1) is 12.0. The minimum atomic E-state index is 0.0748. The summed E-state index contributed by atoms with van der Waals surface area (Å²) in [6, 6.07) is 12.2. The minimum Gasteiger partial charge on any atom is -0.504 e. The number of hydrogen-bond acceptors (Lipinski definition) is 4. The Morgan fingerprint density at radius 3 is 2.61 bits per heavy atom.